The molecule has 300 valence electrons. The summed E-state index contributed by atoms with van der Waals surface area (Å²) in [5, 5.41) is 3.01. The molecule has 0 aliphatic carbocycles. The van der Waals surface area contributed by atoms with Gasteiger partial charge in [0.05, 0.1) is 12.3 Å². The van der Waals surface area contributed by atoms with E-state index >= 15 is 0 Å². The fraction of sp³-hybridized carbons (Fsp3) is 0.545. The van der Waals surface area contributed by atoms with Gasteiger partial charge in [-0.1, -0.05) is 76.0 Å². The van der Waals surface area contributed by atoms with Crippen LogP contribution in [-0.2, 0) is 28.7 Å². The van der Waals surface area contributed by atoms with Gasteiger partial charge in [0.1, 0.15) is 0 Å². The van der Waals surface area contributed by atoms with Crippen LogP contribution in [0.3, 0.4) is 0 Å². The highest BCUT2D eigenvalue weighted by Gasteiger charge is 2.32. The maximum absolute atomic E-state index is 12.1. The van der Waals surface area contributed by atoms with Gasteiger partial charge in [0.25, 0.3) is 0 Å². The van der Waals surface area contributed by atoms with Gasteiger partial charge in [0.15, 0.2) is 0 Å². The number of hydrogen-bond donors (Lipinski definition) is 2. The number of unbranched alkanes of at least 4 members (excludes halogenated alkanes) is 7. The van der Waals surface area contributed by atoms with Crippen LogP contribution < -0.4 is 20.9 Å². The van der Waals surface area contributed by atoms with Gasteiger partial charge in [0, 0.05) is 55.3 Å². The van der Waals surface area contributed by atoms with Crippen LogP contribution in [0, 0.1) is 5.92 Å². The van der Waals surface area contributed by atoms with Crippen LogP contribution in [0.4, 0.5) is 22.7 Å². The SMILES string of the molecule is CCCCC/C=C/CC1CC(=O)OC1=O.CCCCC/C=C/CCCC(=O)Nc1cccc(N(CC)CC)c1.CCN(CC)c1cccc(N)c1.O=C=O. The van der Waals surface area contributed by atoms with Crippen molar-refractivity contribution in [2.75, 3.05) is 47.0 Å². The number of carbonyl (C=O) groups excluding carboxylic acids is 5. The van der Waals surface area contributed by atoms with E-state index in [4.69, 9.17) is 15.3 Å². The van der Waals surface area contributed by atoms with Crippen LogP contribution in [-0.4, -0.2) is 50.2 Å². The second-order valence-corrected chi connectivity index (χ2v) is 12.9. The quantitative estimate of drug-likeness (QED) is 0.0420. The molecule has 2 aromatic carbocycles. The minimum absolute atomic E-state index is 0.103. The lowest BCUT2D eigenvalue weighted by Gasteiger charge is -2.21. The maximum atomic E-state index is 12.1. The number of amides is 1. The molecule has 0 radical (unpaired) electrons. The summed E-state index contributed by atoms with van der Waals surface area (Å²) in [4.78, 5) is 54.7. The number of carbonyl (C=O) groups is 3. The van der Waals surface area contributed by atoms with E-state index < -0.39 is 0 Å². The molecule has 1 amide bonds. The lowest BCUT2D eigenvalue weighted by atomic mass is 10.0. The number of ether oxygens (including phenoxy) is 1. The molecule has 3 N–H and O–H groups in total. The third-order valence-electron chi connectivity index (χ3n) is 8.70. The van der Waals surface area contributed by atoms with E-state index in [-0.39, 0.29) is 36.3 Å². The molecule has 54 heavy (non-hydrogen) atoms. The van der Waals surface area contributed by atoms with E-state index in [1.54, 1.807) is 0 Å². The van der Waals surface area contributed by atoms with Crippen molar-refractivity contribution in [3.63, 3.8) is 0 Å². The van der Waals surface area contributed by atoms with Crippen LogP contribution in [0.25, 0.3) is 0 Å². The standard InChI is InChI=1S/C21H34N2O.C12H18O3.C10H16N2.CO2/c1-4-7-8-9-10-11-12-13-17-21(24)22-19-15-14-16-20(18-19)23(5-2)6-3;1-2-3-4-5-6-7-8-10-9-11(13)15-12(10)14;1-3-12(4-2)10-7-5-6-9(11)8-10;2-1-3/h10-11,14-16,18H,4-9,12-13,17H2,1-3H3,(H,22,24);6-7,10H,2-5,8-9H2,1H3;5-8H,3-4,11H2,1-2H3;/b11-10+;7-6+;;. The Balaban J connectivity index is 0.000000800. The van der Waals surface area contributed by atoms with Gasteiger partial charge in [-0.05, 0) is 109 Å². The van der Waals surface area contributed by atoms with Gasteiger partial charge < -0.3 is 25.6 Å². The summed E-state index contributed by atoms with van der Waals surface area (Å²) in [5.74, 6) is -0.881. The van der Waals surface area contributed by atoms with Gasteiger partial charge in [-0.25, -0.2) is 0 Å². The first-order valence-corrected chi connectivity index (χ1v) is 19.9. The van der Waals surface area contributed by atoms with E-state index in [0.717, 1.165) is 68.9 Å². The Morgan fingerprint density at radius 2 is 1.26 bits per heavy atom. The Bertz CT molecular complexity index is 1390. The van der Waals surface area contributed by atoms with Gasteiger partial charge in [0.2, 0.25) is 5.91 Å². The zero-order valence-corrected chi connectivity index (χ0v) is 33.9. The number of allylic oxidation sites excluding steroid dienone is 4. The van der Waals surface area contributed by atoms with E-state index in [1.165, 1.54) is 44.2 Å². The summed E-state index contributed by atoms with van der Waals surface area (Å²) in [6.07, 6.45) is 21.9. The number of anilines is 4. The molecule has 1 aliphatic rings. The van der Waals surface area contributed by atoms with Crippen molar-refractivity contribution in [3.05, 3.63) is 72.8 Å². The second-order valence-electron chi connectivity index (χ2n) is 12.9. The van der Waals surface area contributed by atoms with Crippen molar-refractivity contribution in [1.82, 2.24) is 0 Å². The van der Waals surface area contributed by atoms with Crippen LogP contribution in [0.1, 0.15) is 125 Å². The third kappa shape index (κ3) is 23.8. The number of benzene rings is 2. The third-order valence-corrected chi connectivity index (χ3v) is 8.70. The van der Waals surface area contributed by atoms with Crippen molar-refractivity contribution >= 4 is 46.7 Å². The predicted molar refractivity (Wildman–Crippen MR) is 222 cm³/mol. The van der Waals surface area contributed by atoms with E-state index in [9.17, 15) is 14.4 Å². The second kappa shape index (κ2) is 32.9. The molecule has 3 rings (SSSR count). The minimum atomic E-state index is -0.385. The molecule has 10 nitrogen and oxygen atoms in total. The Kier molecular flexibility index (Phi) is 30.1. The van der Waals surface area contributed by atoms with Crippen LogP contribution in [0.5, 0.6) is 0 Å². The molecule has 2 aromatic rings. The normalized spacial score (nSPS) is 13.1. The van der Waals surface area contributed by atoms with Gasteiger partial charge in [-0.3, -0.25) is 14.4 Å². The number of hydrogen-bond acceptors (Lipinski definition) is 9. The molecule has 10 heteroatoms. The molecular weight excluding hydrogens is 681 g/mol. The number of rotatable bonds is 21. The molecule has 1 aliphatic heterocycles. The summed E-state index contributed by atoms with van der Waals surface area (Å²) in [7, 11) is 0. The monoisotopic (exact) mass is 749 g/mol. The van der Waals surface area contributed by atoms with Gasteiger partial charge in [-0.2, -0.15) is 9.59 Å². The maximum Gasteiger partial charge on any atom is 0.373 e. The summed E-state index contributed by atoms with van der Waals surface area (Å²) < 4.78 is 4.46. The molecular formula is C44H68N4O6. The Labute approximate surface area is 325 Å². The largest absolute Gasteiger partial charge is 0.399 e. The number of nitrogen functional groups attached to an aromatic ring is 1. The summed E-state index contributed by atoms with van der Waals surface area (Å²) in [5.41, 5.74) is 9.77. The van der Waals surface area contributed by atoms with Crippen molar-refractivity contribution in [2.24, 2.45) is 5.92 Å². The van der Waals surface area contributed by atoms with Crippen LogP contribution in [0.15, 0.2) is 72.8 Å². The number of nitrogens with zero attached hydrogens (tertiary/aromatic N) is 2. The molecule has 0 spiro atoms. The lowest BCUT2D eigenvalue weighted by Crippen LogP contribution is -2.22. The zero-order valence-electron chi connectivity index (χ0n) is 33.9. The first-order chi connectivity index (χ1) is 26.1. The molecule has 1 saturated heterocycles. The Morgan fingerprint density at radius 3 is 1.74 bits per heavy atom. The topological polar surface area (TPSA) is 139 Å². The molecule has 1 atom stereocenters. The van der Waals surface area contributed by atoms with E-state index in [1.807, 2.05) is 36.4 Å². The number of cyclic esters (lactones) is 2. The molecule has 1 unspecified atom stereocenters. The number of nitrogens with one attached hydrogen (secondary N) is 1. The van der Waals surface area contributed by atoms with E-state index in [2.05, 4.69) is 97.8 Å². The first kappa shape index (κ1) is 49.3. The Hall–Kier alpha value is -4.69. The average Bonchev–Trinajstić information content (AvgIpc) is 3.49. The summed E-state index contributed by atoms with van der Waals surface area (Å²) >= 11 is 0. The fourth-order valence-corrected chi connectivity index (χ4v) is 5.62. The van der Waals surface area contributed by atoms with Crippen LogP contribution in [0.2, 0.25) is 0 Å². The fourth-order valence-electron chi connectivity index (χ4n) is 5.62. The van der Waals surface area contributed by atoms with Crippen LogP contribution >= 0.6 is 0 Å². The highest BCUT2D eigenvalue weighted by Crippen LogP contribution is 2.21. The average molecular weight is 749 g/mol. The first-order valence-electron chi connectivity index (χ1n) is 19.9. The lowest BCUT2D eigenvalue weighted by molar-refractivity contribution is -0.191. The molecule has 0 aromatic heterocycles. The molecule has 1 heterocycles. The van der Waals surface area contributed by atoms with Gasteiger partial charge >= 0.3 is 18.1 Å². The number of esters is 2. The number of nitrogens with two attached hydrogens (primary N) is 1. The molecule has 1 fully saturated rings. The zero-order chi connectivity index (χ0) is 40.4. The molecule has 0 bridgehead atoms. The minimum Gasteiger partial charge on any atom is -0.399 e. The Morgan fingerprint density at radius 1 is 0.759 bits per heavy atom. The van der Waals surface area contributed by atoms with Crippen molar-refractivity contribution < 1.29 is 28.7 Å². The predicted octanol–water partition coefficient (Wildman–Crippen LogP) is 9.91. The highest BCUT2D eigenvalue weighted by atomic mass is 16.6. The summed E-state index contributed by atoms with van der Waals surface area (Å²) in [6, 6.07) is 16.1. The van der Waals surface area contributed by atoms with Crippen molar-refractivity contribution in [1.29, 1.82) is 0 Å². The van der Waals surface area contributed by atoms with Crippen molar-refractivity contribution in [3.8, 4) is 0 Å². The molecule has 0 saturated carbocycles. The smallest absolute Gasteiger partial charge is 0.373 e. The van der Waals surface area contributed by atoms with Gasteiger partial charge in [-0.15, -0.1) is 0 Å². The highest BCUT2D eigenvalue weighted by molar-refractivity contribution is 5.94. The van der Waals surface area contributed by atoms with E-state index in [0.29, 0.717) is 12.8 Å². The van der Waals surface area contributed by atoms with Crippen molar-refractivity contribution in [2.45, 2.75) is 125 Å². The summed E-state index contributed by atoms with van der Waals surface area (Å²) in [6.45, 7) is 17.0.